The summed E-state index contributed by atoms with van der Waals surface area (Å²) in [6, 6.07) is 15.9. The first-order valence-corrected chi connectivity index (χ1v) is 17.0. The average molecular weight is 681 g/mol. The molecule has 0 saturated carbocycles. The molecule has 11 heteroatoms. The van der Waals surface area contributed by atoms with Crippen molar-refractivity contribution in [2.75, 3.05) is 26.9 Å². The lowest BCUT2D eigenvalue weighted by atomic mass is 9.86. The van der Waals surface area contributed by atoms with Crippen LogP contribution in [0.4, 0.5) is 4.39 Å². The average Bonchev–Trinajstić information content (AvgIpc) is 3.10. The number of nitrogens with one attached hydrogen (secondary N) is 2. The fourth-order valence-electron chi connectivity index (χ4n) is 5.30. The summed E-state index contributed by atoms with van der Waals surface area (Å²) in [6.07, 6.45) is 2.24. The minimum atomic E-state index is -1.02. The quantitative estimate of drug-likeness (QED) is 0.115. The van der Waals surface area contributed by atoms with Gasteiger partial charge in [0.1, 0.15) is 17.6 Å². The minimum Gasteiger partial charge on any atom is -0.493 e. The summed E-state index contributed by atoms with van der Waals surface area (Å²) in [5, 5.41) is 16.8. The van der Waals surface area contributed by atoms with E-state index in [4.69, 9.17) is 19.9 Å². The number of nitrogens with two attached hydrogens (primary N) is 1. The Bertz CT molecular complexity index is 1430. The number of pyridine rings is 1. The topological polar surface area (TPSA) is 145 Å². The molecule has 3 aromatic rings. The molecule has 0 unspecified atom stereocenters. The number of ether oxygens (including phenoxy) is 3. The van der Waals surface area contributed by atoms with Crippen molar-refractivity contribution in [1.82, 2.24) is 15.6 Å². The summed E-state index contributed by atoms with van der Waals surface area (Å²) >= 11 is 0. The third kappa shape index (κ3) is 12.8. The number of carbonyl (C=O) groups is 2. The van der Waals surface area contributed by atoms with Crippen molar-refractivity contribution in [2.24, 2.45) is 23.5 Å². The van der Waals surface area contributed by atoms with E-state index >= 15 is 0 Å². The van der Waals surface area contributed by atoms with Gasteiger partial charge in [-0.1, -0.05) is 58.4 Å². The maximum absolute atomic E-state index is 13.5. The summed E-state index contributed by atoms with van der Waals surface area (Å²) in [7, 11) is 1.65. The predicted molar refractivity (Wildman–Crippen MR) is 188 cm³/mol. The third-order valence-corrected chi connectivity index (χ3v) is 8.62. The summed E-state index contributed by atoms with van der Waals surface area (Å²) < 4.78 is 30.4. The highest BCUT2D eigenvalue weighted by molar-refractivity contribution is 5.88. The number of hydrogen-bond acceptors (Lipinski definition) is 8. The number of carbonyl (C=O) groups excluding carboxylic acids is 2. The van der Waals surface area contributed by atoms with Gasteiger partial charge in [0.15, 0.2) is 0 Å². The van der Waals surface area contributed by atoms with Crippen molar-refractivity contribution in [3.63, 3.8) is 0 Å². The normalized spacial score (nSPS) is 14.5. The first-order chi connectivity index (χ1) is 23.5. The van der Waals surface area contributed by atoms with Gasteiger partial charge in [0.25, 0.3) is 0 Å². The number of methoxy groups -OCH3 is 1. The standard InChI is InChI=1S/C38H53FN4O6/c1-6-26(4)36(38(46)42-22-27-11-14-29(39)15-12-27)43-37(45)31(25(2)3)21-34(44)32(40)24-48-23-28-13-16-30(33-10-7-8-17-41-33)35(20-28)49-19-9-18-47-5/h7-8,10-17,20,25-26,31-32,34,36,44H,6,9,18-19,21-24,40H2,1-5H3,(H,42,46)(H,43,45)/t26-,31-,32-,34-,36-/m0/s1. The van der Waals surface area contributed by atoms with Gasteiger partial charge in [-0.15, -0.1) is 0 Å². The molecule has 5 N–H and O–H groups in total. The van der Waals surface area contributed by atoms with Crippen molar-refractivity contribution in [3.8, 4) is 17.0 Å². The Morgan fingerprint density at radius 1 is 1.00 bits per heavy atom. The molecule has 0 fully saturated rings. The molecule has 1 heterocycles. The van der Waals surface area contributed by atoms with E-state index in [0.717, 1.165) is 28.8 Å². The van der Waals surface area contributed by atoms with Crippen molar-refractivity contribution < 1.29 is 33.3 Å². The van der Waals surface area contributed by atoms with Crippen LogP contribution in [-0.4, -0.2) is 67.0 Å². The van der Waals surface area contributed by atoms with E-state index in [1.54, 1.807) is 25.4 Å². The highest BCUT2D eigenvalue weighted by atomic mass is 19.1. The van der Waals surface area contributed by atoms with Crippen LogP contribution in [-0.2, 0) is 32.2 Å². The molecule has 0 aliphatic heterocycles. The lowest BCUT2D eigenvalue weighted by molar-refractivity contribution is -0.134. The number of nitrogens with zero attached hydrogens (tertiary/aromatic N) is 1. The molecule has 268 valence electrons. The van der Waals surface area contributed by atoms with Crippen molar-refractivity contribution >= 4 is 11.8 Å². The van der Waals surface area contributed by atoms with Crippen LogP contribution in [0.25, 0.3) is 11.3 Å². The van der Waals surface area contributed by atoms with Gasteiger partial charge in [-0.05, 0) is 65.8 Å². The van der Waals surface area contributed by atoms with Crippen molar-refractivity contribution in [3.05, 3.63) is 83.8 Å². The van der Waals surface area contributed by atoms with E-state index < -0.39 is 24.1 Å². The van der Waals surface area contributed by atoms with Crippen LogP contribution in [0.5, 0.6) is 5.75 Å². The van der Waals surface area contributed by atoms with E-state index in [-0.39, 0.29) is 55.6 Å². The summed E-state index contributed by atoms with van der Waals surface area (Å²) in [5.41, 5.74) is 9.62. The van der Waals surface area contributed by atoms with Gasteiger partial charge in [-0.3, -0.25) is 14.6 Å². The molecule has 5 atom stereocenters. The molecule has 2 amide bonds. The zero-order valence-corrected chi connectivity index (χ0v) is 29.4. The van der Waals surface area contributed by atoms with Gasteiger partial charge < -0.3 is 35.7 Å². The number of amides is 2. The molecule has 0 spiro atoms. The fraction of sp³-hybridized carbons (Fsp3) is 0.500. The maximum atomic E-state index is 13.5. The SMILES string of the molecule is CC[C@H](C)[C@H](NC(=O)[C@@H](C[C@H](O)[C@@H](N)COCc1ccc(-c2ccccn2)c(OCCCOC)c1)C(C)C)C(=O)NCc1ccc(F)cc1. The lowest BCUT2D eigenvalue weighted by Crippen LogP contribution is -2.52. The van der Waals surface area contributed by atoms with Crippen LogP contribution in [0, 0.1) is 23.6 Å². The summed E-state index contributed by atoms with van der Waals surface area (Å²) in [4.78, 5) is 31.1. The Morgan fingerprint density at radius 3 is 2.39 bits per heavy atom. The monoisotopic (exact) mass is 680 g/mol. The third-order valence-electron chi connectivity index (χ3n) is 8.62. The smallest absolute Gasteiger partial charge is 0.243 e. The molecular weight excluding hydrogens is 627 g/mol. The lowest BCUT2D eigenvalue weighted by Gasteiger charge is -2.29. The van der Waals surface area contributed by atoms with E-state index in [9.17, 15) is 19.1 Å². The molecule has 1 aromatic heterocycles. The zero-order chi connectivity index (χ0) is 35.8. The fourth-order valence-corrected chi connectivity index (χ4v) is 5.30. The highest BCUT2D eigenvalue weighted by Gasteiger charge is 2.32. The van der Waals surface area contributed by atoms with E-state index in [1.165, 1.54) is 12.1 Å². The Balaban J connectivity index is 1.57. The largest absolute Gasteiger partial charge is 0.493 e. The Kier molecular flexibility index (Phi) is 16.6. The van der Waals surface area contributed by atoms with Crippen LogP contribution < -0.4 is 21.1 Å². The Hall–Kier alpha value is -3.90. The number of aliphatic hydroxyl groups is 1. The molecule has 0 aliphatic carbocycles. The van der Waals surface area contributed by atoms with Crippen LogP contribution in [0.1, 0.15) is 58.1 Å². The number of hydrogen-bond donors (Lipinski definition) is 4. The predicted octanol–water partition coefficient (Wildman–Crippen LogP) is 5.02. The van der Waals surface area contributed by atoms with Crippen LogP contribution in [0.15, 0.2) is 66.9 Å². The maximum Gasteiger partial charge on any atom is 0.243 e. The van der Waals surface area contributed by atoms with E-state index in [0.29, 0.717) is 25.4 Å². The second kappa shape index (κ2) is 20.6. The summed E-state index contributed by atoms with van der Waals surface area (Å²) in [6.45, 7) is 9.25. The molecule has 0 bridgehead atoms. The Labute approximate surface area is 289 Å². The molecule has 2 aromatic carbocycles. The van der Waals surface area contributed by atoms with Gasteiger partial charge in [-0.25, -0.2) is 4.39 Å². The molecular formula is C38H53FN4O6. The van der Waals surface area contributed by atoms with Crippen molar-refractivity contribution in [1.29, 1.82) is 0 Å². The Morgan fingerprint density at radius 2 is 1.73 bits per heavy atom. The first kappa shape index (κ1) is 39.5. The number of rotatable bonds is 21. The van der Waals surface area contributed by atoms with Crippen molar-refractivity contribution in [2.45, 2.75) is 78.3 Å². The number of halogens is 1. The first-order valence-electron chi connectivity index (χ1n) is 17.0. The van der Waals surface area contributed by atoms with Gasteiger partial charge >= 0.3 is 0 Å². The molecule has 0 saturated heterocycles. The minimum absolute atomic E-state index is 0.0703. The molecule has 0 radical (unpaired) electrons. The second-order valence-corrected chi connectivity index (χ2v) is 12.8. The van der Waals surface area contributed by atoms with Gasteiger partial charge in [0.2, 0.25) is 11.8 Å². The molecule has 49 heavy (non-hydrogen) atoms. The zero-order valence-electron chi connectivity index (χ0n) is 29.4. The number of aliphatic hydroxyl groups excluding tert-OH is 1. The number of benzene rings is 2. The van der Waals surface area contributed by atoms with Crippen LogP contribution in [0.3, 0.4) is 0 Å². The van der Waals surface area contributed by atoms with Crippen LogP contribution >= 0.6 is 0 Å². The van der Waals surface area contributed by atoms with Gasteiger partial charge in [-0.2, -0.15) is 0 Å². The molecule has 0 aliphatic rings. The van der Waals surface area contributed by atoms with Gasteiger partial charge in [0.05, 0.1) is 37.7 Å². The highest BCUT2D eigenvalue weighted by Crippen LogP contribution is 2.30. The molecule has 3 rings (SSSR count). The van der Waals surface area contributed by atoms with E-state index in [1.807, 2.05) is 64.1 Å². The van der Waals surface area contributed by atoms with Gasteiger partial charge in [0, 0.05) is 44.4 Å². The van der Waals surface area contributed by atoms with Crippen LogP contribution in [0.2, 0.25) is 0 Å². The number of aromatic nitrogens is 1. The van der Waals surface area contributed by atoms with E-state index in [2.05, 4.69) is 15.6 Å². The molecule has 10 nitrogen and oxygen atoms in total. The summed E-state index contributed by atoms with van der Waals surface area (Å²) in [5.74, 6) is -1.16. The second-order valence-electron chi connectivity index (χ2n) is 12.8.